The van der Waals surface area contributed by atoms with Gasteiger partial charge in [-0.25, -0.2) is 9.37 Å². The molecule has 0 spiro atoms. The second-order valence-corrected chi connectivity index (χ2v) is 5.54. The summed E-state index contributed by atoms with van der Waals surface area (Å²) in [5.74, 6) is 0.959. The van der Waals surface area contributed by atoms with Gasteiger partial charge in [-0.15, -0.1) is 0 Å². The maximum atomic E-state index is 13.0. The minimum absolute atomic E-state index is 0.257. The molecule has 2 aromatic rings. The van der Waals surface area contributed by atoms with Gasteiger partial charge in [-0.3, -0.25) is 0 Å². The van der Waals surface area contributed by atoms with Crippen LogP contribution in [0.15, 0.2) is 30.3 Å². The molecule has 0 amide bonds. The van der Waals surface area contributed by atoms with Crippen LogP contribution in [0.25, 0.3) is 11.3 Å². The maximum Gasteiger partial charge on any atom is 0.217 e. The van der Waals surface area contributed by atoms with Gasteiger partial charge in [0, 0.05) is 17.0 Å². The summed E-state index contributed by atoms with van der Waals surface area (Å²) in [6.07, 6.45) is 3.27. The second-order valence-electron chi connectivity index (χ2n) is 4.74. The number of unbranched alkanes of at least 4 members (excludes halogenated alkanes) is 2. The van der Waals surface area contributed by atoms with Crippen LogP contribution in [0.2, 0.25) is 0 Å². The quantitative estimate of drug-likeness (QED) is 0.542. The maximum absolute atomic E-state index is 13.0. The smallest absolute Gasteiger partial charge is 0.217 e. The number of hydrogen-bond acceptors (Lipinski definition) is 3. The van der Waals surface area contributed by atoms with Crippen LogP contribution in [0.4, 0.5) is 4.39 Å². The van der Waals surface area contributed by atoms with Crippen LogP contribution in [0.1, 0.15) is 25.1 Å². The van der Waals surface area contributed by atoms with Crippen molar-refractivity contribution in [2.24, 2.45) is 0 Å². The van der Waals surface area contributed by atoms with Gasteiger partial charge in [0.25, 0.3) is 0 Å². The first-order valence-corrected chi connectivity index (χ1v) is 8.11. The van der Waals surface area contributed by atoms with Crippen molar-refractivity contribution in [1.29, 1.82) is 0 Å². The Morgan fingerprint density at radius 3 is 2.57 bits per heavy atom. The first-order chi connectivity index (χ1) is 10.2. The zero-order valence-electron chi connectivity index (χ0n) is 12.0. The Bertz CT molecular complexity index is 575. The van der Waals surface area contributed by atoms with Crippen molar-refractivity contribution < 1.29 is 9.13 Å². The minimum Gasteiger partial charge on any atom is -0.478 e. The minimum atomic E-state index is -0.257. The Labute approximate surface area is 132 Å². The number of benzene rings is 1. The largest absolute Gasteiger partial charge is 0.478 e. The van der Waals surface area contributed by atoms with Crippen LogP contribution in [0, 0.1) is 12.7 Å². The molecule has 0 radical (unpaired) electrons. The molecule has 0 aliphatic heterocycles. The number of aryl methyl sites for hydroxylation is 1. The fourth-order valence-electron chi connectivity index (χ4n) is 1.93. The normalized spacial score (nSPS) is 10.6. The average Bonchev–Trinajstić information content (AvgIpc) is 2.47. The predicted molar refractivity (Wildman–Crippen MR) is 85.3 cm³/mol. The van der Waals surface area contributed by atoms with Gasteiger partial charge in [-0.2, -0.15) is 4.98 Å². The van der Waals surface area contributed by atoms with E-state index in [0.717, 1.165) is 35.8 Å². The summed E-state index contributed by atoms with van der Waals surface area (Å²) in [7, 11) is 0. The van der Waals surface area contributed by atoms with Crippen molar-refractivity contribution >= 4 is 15.9 Å². The third kappa shape index (κ3) is 5.08. The Hall–Kier alpha value is -1.49. The van der Waals surface area contributed by atoms with Crippen LogP contribution in [-0.4, -0.2) is 21.9 Å². The highest BCUT2D eigenvalue weighted by Crippen LogP contribution is 2.21. The lowest BCUT2D eigenvalue weighted by molar-refractivity contribution is 0.294. The van der Waals surface area contributed by atoms with Crippen LogP contribution in [0.5, 0.6) is 5.88 Å². The van der Waals surface area contributed by atoms with E-state index in [-0.39, 0.29) is 5.82 Å². The predicted octanol–water partition coefficient (Wildman–Crippen LogP) is 4.54. The summed E-state index contributed by atoms with van der Waals surface area (Å²) in [5.41, 5.74) is 1.60. The molecule has 0 atom stereocenters. The molecule has 0 bridgehead atoms. The summed E-state index contributed by atoms with van der Waals surface area (Å²) in [5, 5.41) is 1.02. The third-order valence-electron chi connectivity index (χ3n) is 2.98. The molecule has 0 aliphatic carbocycles. The number of ether oxygens (including phenoxy) is 1. The number of hydrogen-bond donors (Lipinski definition) is 0. The van der Waals surface area contributed by atoms with E-state index < -0.39 is 0 Å². The average molecular weight is 353 g/mol. The van der Waals surface area contributed by atoms with Gasteiger partial charge < -0.3 is 4.74 Å². The van der Waals surface area contributed by atoms with Gasteiger partial charge >= 0.3 is 0 Å². The monoisotopic (exact) mass is 352 g/mol. The molecular weight excluding hydrogens is 335 g/mol. The molecule has 0 saturated heterocycles. The molecule has 112 valence electrons. The van der Waals surface area contributed by atoms with E-state index in [4.69, 9.17) is 4.74 Å². The van der Waals surface area contributed by atoms with E-state index in [1.165, 1.54) is 12.1 Å². The zero-order chi connectivity index (χ0) is 15.1. The standard InChI is InChI=1S/C16H18BrFN2O/c1-12-19-15(13-5-7-14(18)8-6-13)11-16(20-12)21-10-4-2-3-9-17/h5-8,11H,2-4,9-10H2,1H3. The molecule has 0 unspecified atom stereocenters. The molecule has 0 fully saturated rings. The SMILES string of the molecule is Cc1nc(OCCCCCBr)cc(-c2ccc(F)cc2)n1. The highest BCUT2D eigenvalue weighted by atomic mass is 79.9. The van der Waals surface area contributed by atoms with Crippen molar-refractivity contribution in [3.8, 4) is 17.1 Å². The Balaban J connectivity index is 2.05. The molecule has 1 aromatic heterocycles. The number of alkyl halides is 1. The van der Waals surface area contributed by atoms with Gasteiger partial charge in [-0.05, 0) is 50.5 Å². The molecule has 5 heteroatoms. The Kier molecular flexibility index (Phi) is 6.11. The van der Waals surface area contributed by atoms with Crippen molar-refractivity contribution in [3.05, 3.63) is 42.0 Å². The molecule has 1 heterocycles. The van der Waals surface area contributed by atoms with Crippen LogP contribution < -0.4 is 4.74 Å². The van der Waals surface area contributed by atoms with E-state index in [0.29, 0.717) is 18.3 Å². The topological polar surface area (TPSA) is 35.0 Å². The van der Waals surface area contributed by atoms with E-state index in [1.807, 2.05) is 6.92 Å². The molecular formula is C16H18BrFN2O. The lowest BCUT2D eigenvalue weighted by Gasteiger charge is -2.08. The van der Waals surface area contributed by atoms with Gasteiger partial charge in [0.1, 0.15) is 11.6 Å². The first-order valence-electron chi connectivity index (χ1n) is 6.99. The van der Waals surface area contributed by atoms with Gasteiger partial charge in [0.15, 0.2) is 0 Å². The van der Waals surface area contributed by atoms with Crippen molar-refractivity contribution in [2.75, 3.05) is 11.9 Å². The van der Waals surface area contributed by atoms with Crippen LogP contribution in [-0.2, 0) is 0 Å². The van der Waals surface area contributed by atoms with E-state index in [1.54, 1.807) is 18.2 Å². The fourth-order valence-corrected chi connectivity index (χ4v) is 2.33. The van der Waals surface area contributed by atoms with Crippen molar-refractivity contribution in [3.63, 3.8) is 0 Å². The summed E-state index contributed by atoms with van der Waals surface area (Å²) in [6, 6.07) is 8.06. The van der Waals surface area contributed by atoms with E-state index >= 15 is 0 Å². The van der Waals surface area contributed by atoms with Gasteiger partial charge in [0.2, 0.25) is 5.88 Å². The summed E-state index contributed by atoms with van der Waals surface area (Å²) >= 11 is 3.41. The third-order valence-corrected chi connectivity index (χ3v) is 3.54. The highest BCUT2D eigenvalue weighted by molar-refractivity contribution is 9.09. The highest BCUT2D eigenvalue weighted by Gasteiger charge is 2.05. The van der Waals surface area contributed by atoms with Crippen LogP contribution in [0.3, 0.4) is 0 Å². The summed E-state index contributed by atoms with van der Waals surface area (Å²) in [4.78, 5) is 8.65. The molecule has 3 nitrogen and oxygen atoms in total. The molecule has 2 rings (SSSR count). The molecule has 1 aromatic carbocycles. The summed E-state index contributed by atoms with van der Waals surface area (Å²) < 4.78 is 18.6. The first kappa shape index (κ1) is 15.9. The number of aromatic nitrogens is 2. The fraction of sp³-hybridized carbons (Fsp3) is 0.375. The lowest BCUT2D eigenvalue weighted by atomic mass is 10.1. The summed E-state index contributed by atoms with van der Waals surface area (Å²) in [6.45, 7) is 2.47. The second kappa shape index (κ2) is 8.08. The van der Waals surface area contributed by atoms with Gasteiger partial charge in [0.05, 0.1) is 12.3 Å². The van der Waals surface area contributed by atoms with E-state index in [9.17, 15) is 4.39 Å². The van der Waals surface area contributed by atoms with Gasteiger partial charge in [-0.1, -0.05) is 15.9 Å². The lowest BCUT2D eigenvalue weighted by Crippen LogP contribution is -2.02. The Morgan fingerprint density at radius 2 is 1.86 bits per heavy atom. The van der Waals surface area contributed by atoms with Crippen LogP contribution >= 0.6 is 15.9 Å². The number of halogens is 2. The Morgan fingerprint density at radius 1 is 1.10 bits per heavy atom. The zero-order valence-corrected chi connectivity index (χ0v) is 13.6. The van der Waals surface area contributed by atoms with E-state index in [2.05, 4.69) is 25.9 Å². The molecule has 21 heavy (non-hydrogen) atoms. The molecule has 0 saturated carbocycles. The van der Waals surface area contributed by atoms with Crippen molar-refractivity contribution in [1.82, 2.24) is 9.97 Å². The molecule has 0 aliphatic rings. The number of rotatable bonds is 7. The number of nitrogens with zero attached hydrogens (tertiary/aromatic N) is 2. The molecule has 0 N–H and O–H groups in total. The van der Waals surface area contributed by atoms with Crippen molar-refractivity contribution in [2.45, 2.75) is 26.2 Å².